The van der Waals surface area contributed by atoms with Gasteiger partial charge in [-0.25, -0.2) is 4.98 Å². The Balaban J connectivity index is 3.15. The maximum atomic E-state index is 11.3. The van der Waals surface area contributed by atoms with Gasteiger partial charge >= 0.3 is 10.2 Å². The Morgan fingerprint density at radius 1 is 1.50 bits per heavy atom. The molecule has 0 aromatic carbocycles. The predicted molar refractivity (Wildman–Crippen MR) is 42.8 cm³/mol. The van der Waals surface area contributed by atoms with E-state index in [1.54, 1.807) is 6.92 Å². The zero-order valence-electron chi connectivity index (χ0n) is 7.09. The fourth-order valence-electron chi connectivity index (χ4n) is 0.606. The van der Waals surface area contributed by atoms with Gasteiger partial charge in [-0.05, 0) is 6.92 Å². The predicted octanol–water partition coefficient (Wildman–Crippen LogP) is -0.759. The average Bonchev–Trinajstić information content (AvgIpc) is 2.35. The number of nitrogens with zero attached hydrogens (tertiary/aromatic N) is 4. The molecule has 0 radical (unpaired) electrons. The van der Waals surface area contributed by atoms with Gasteiger partial charge in [-0.3, -0.25) is 0 Å². The van der Waals surface area contributed by atoms with Crippen LogP contribution in [0.15, 0.2) is 6.33 Å². The molecule has 0 saturated heterocycles. The Morgan fingerprint density at radius 3 is 2.42 bits per heavy atom. The second kappa shape index (κ2) is 2.83. The second-order valence-electron chi connectivity index (χ2n) is 2.45. The fourth-order valence-corrected chi connectivity index (χ4v) is 1.33. The molecule has 0 bridgehead atoms. The Labute approximate surface area is 71.0 Å². The van der Waals surface area contributed by atoms with Gasteiger partial charge < -0.3 is 0 Å². The maximum absolute atomic E-state index is 11.3. The molecule has 0 fully saturated rings. The number of aryl methyl sites for hydroxylation is 1. The molecule has 0 spiro atoms. The summed E-state index contributed by atoms with van der Waals surface area (Å²) in [6.45, 7) is 1.63. The molecule has 0 amide bonds. The summed E-state index contributed by atoms with van der Waals surface area (Å²) >= 11 is 0. The van der Waals surface area contributed by atoms with Crippen LogP contribution in [0.4, 0.5) is 0 Å². The largest absolute Gasteiger partial charge is 0.323 e. The molecule has 68 valence electrons. The Morgan fingerprint density at radius 2 is 2.08 bits per heavy atom. The van der Waals surface area contributed by atoms with Crippen LogP contribution in [0.3, 0.4) is 0 Å². The molecule has 0 N–H and O–H groups in total. The lowest BCUT2D eigenvalue weighted by Crippen LogP contribution is -2.29. The lowest BCUT2D eigenvalue weighted by molar-refractivity contribution is 0.503. The van der Waals surface area contributed by atoms with Crippen molar-refractivity contribution in [2.75, 3.05) is 14.1 Å². The van der Waals surface area contributed by atoms with Crippen molar-refractivity contribution in [3.8, 4) is 0 Å². The van der Waals surface area contributed by atoms with Gasteiger partial charge in [-0.2, -0.15) is 12.7 Å². The van der Waals surface area contributed by atoms with Crippen molar-refractivity contribution in [1.82, 2.24) is 18.5 Å². The van der Waals surface area contributed by atoms with E-state index in [0.29, 0.717) is 5.82 Å². The Kier molecular flexibility index (Phi) is 2.16. The molecule has 0 aliphatic carbocycles. The van der Waals surface area contributed by atoms with E-state index in [1.165, 1.54) is 20.4 Å². The lowest BCUT2D eigenvalue weighted by atomic mass is 10.8. The van der Waals surface area contributed by atoms with Crippen LogP contribution in [0.5, 0.6) is 0 Å². The van der Waals surface area contributed by atoms with E-state index < -0.39 is 10.2 Å². The van der Waals surface area contributed by atoms with Crippen LogP contribution in [0.1, 0.15) is 5.82 Å². The van der Waals surface area contributed by atoms with Crippen LogP contribution in [0, 0.1) is 6.92 Å². The minimum atomic E-state index is -3.48. The quantitative estimate of drug-likeness (QED) is 0.614. The number of hydrogen-bond donors (Lipinski definition) is 0. The topological polar surface area (TPSA) is 68.1 Å². The lowest BCUT2D eigenvalue weighted by Gasteiger charge is -2.09. The van der Waals surface area contributed by atoms with Crippen LogP contribution in [-0.2, 0) is 10.2 Å². The number of aromatic nitrogens is 3. The van der Waals surface area contributed by atoms with Crippen LogP contribution in [-0.4, -0.2) is 41.0 Å². The van der Waals surface area contributed by atoms with Crippen molar-refractivity contribution in [2.24, 2.45) is 0 Å². The summed E-state index contributed by atoms with van der Waals surface area (Å²) in [6.07, 6.45) is 1.17. The van der Waals surface area contributed by atoms with E-state index in [-0.39, 0.29) is 0 Å². The molecule has 0 aliphatic rings. The molecule has 12 heavy (non-hydrogen) atoms. The highest BCUT2D eigenvalue weighted by Crippen LogP contribution is 1.97. The highest BCUT2D eigenvalue weighted by atomic mass is 32.2. The summed E-state index contributed by atoms with van der Waals surface area (Å²) < 4.78 is 24.6. The number of rotatable bonds is 2. The Bertz CT molecular complexity index is 367. The minimum Gasteiger partial charge on any atom is -0.219 e. The van der Waals surface area contributed by atoms with Gasteiger partial charge in [0.15, 0.2) is 0 Å². The van der Waals surface area contributed by atoms with E-state index >= 15 is 0 Å². The van der Waals surface area contributed by atoms with Crippen molar-refractivity contribution in [1.29, 1.82) is 0 Å². The summed E-state index contributed by atoms with van der Waals surface area (Å²) in [6, 6.07) is 0. The van der Waals surface area contributed by atoms with Crippen LogP contribution in [0.2, 0.25) is 0 Å². The molecular formula is C5H10N4O2S. The zero-order chi connectivity index (χ0) is 9.35. The van der Waals surface area contributed by atoms with Crippen molar-refractivity contribution in [3.05, 3.63) is 12.2 Å². The van der Waals surface area contributed by atoms with Crippen molar-refractivity contribution >= 4 is 10.2 Å². The first-order valence-electron chi connectivity index (χ1n) is 3.26. The van der Waals surface area contributed by atoms with Gasteiger partial charge in [0.2, 0.25) is 0 Å². The summed E-state index contributed by atoms with van der Waals surface area (Å²) in [5.41, 5.74) is 0. The highest BCUT2D eigenvalue weighted by molar-refractivity contribution is 7.87. The summed E-state index contributed by atoms with van der Waals surface area (Å²) in [7, 11) is -0.606. The highest BCUT2D eigenvalue weighted by Gasteiger charge is 2.16. The monoisotopic (exact) mass is 190 g/mol. The van der Waals surface area contributed by atoms with E-state index in [4.69, 9.17) is 0 Å². The molecule has 0 saturated carbocycles. The smallest absolute Gasteiger partial charge is 0.219 e. The standard InChI is InChI=1S/C5H10N4O2S/c1-5-6-4-9(7-5)12(10,11)8(2)3/h4H,1-3H3. The molecule has 1 aromatic heterocycles. The fraction of sp³-hybridized carbons (Fsp3) is 0.600. The van der Waals surface area contributed by atoms with Gasteiger partial charge in [-0.1, -0.05) is 0 Å². The van der Waals surface area contributed by atoms with Crippen LogP contribution in [0.25, 0.3) is 0 Å². The van der Waals surface area contributed by atoms with Crippen molar-refractivity contribution in [3.63, 3.8) is 0 Å². The molecule has 6 nitrogen and oxygen atoms in total. The summed E-state index contributed by atoms with van der Waals surface area (Å²) in [4.78, 5) is 3.71. The molecule has 1 aromatic rings. The van der Waals surface area contributed by atoms with Gasteiger partial charge in [0.1, 0.15) is 12.2 Å². The second-order valence-corrected chi connectivity index (χ2v) is 4.45. The third-order valence-electron chi connectivity index (χ3n) is 1.28. The molecular weight excluding hydrogens is 180 g/mol. The SMILES string of the molecule is Cc1ncn(S(=O)(=O)N(C)C)n1. The third-order valence-corrected chi connectivity index (χ3v) is 2.86. The Hall–Kier alpha value is -0.950. The minimum absolute atomic E-state index is 0.431. The first-order valence-corrected chi connectivity index (χ1v) is 4.65. The molecule has 0 atom stereocenters. The first kappa shape index (κ1) is 9.14. The van der Waals surface area contributed by atoms with Crippen LogP contribution < -0.4 is 0 Å². The average molecular weight is 190 g/mol. The van der Waals surface area contributed by atoms with E-state index in [9.17, 15) is 8.42 Å². The molecule has 0 unspecified atom stereocenters. The van der Waals surface area contributed by atoms with Crippen LogP contribution >= 0.6 is 0 Å². The van der Waals surface area contributed by atoms with Gasteiger partial charge in [0.25, 0.3) is 0 Å². The number of hydrogen-bond acceptors (Lipinski definition) is 4. The third kappa shape index (κ3) is 1.46. The molecule has 1 rings (SSSR count). The normalized spacial score (nSPS) is 12.3. The summed E-state index contributed by atoms with van der Waals surface area (Å²) in [5.74, 6) is 0.431. The maximum Gasteiger partial charge on any atom is 0.323 e. The van der Waals surface area contributed by atoms with Crippen molar-refractivity contribution in [2.45, 2.75) is 6.92 Å². The van der Waals surface area contributed by atoms with E-state index in [2.05, 4.69) is 10.1 Å². The molecule has 0 aliphatic heterocycles. The van der Waals surface area contributed by atoms with E-state index in [1.807, 2.05) is 0 Å². The van der Waals surface area contributed by atoms with Crippen molar-refractivity contribution < 1.29 is 8.42 Å². The molecule has 7 heteroatoms. The zero-order valence-corrected chi connectivity index (χ0v) is 7.91. The van der Waals surface area contributed by atoms with Gasteiger partial charge in [-0.15, -0.1) is 9.19 Å². The summed E-state index contributed by atoms with van der Waals surface area (Å²) in [5, 5.41) is 3.68. The first-order chi connectivity index (χ1) is 5.44. The van der Waals surface area contributed by atoms with Gasteiger partial charge in [0.05, 0.1) is 0 Å². The van der Waals surface area contributed by atoms with E-state index in [0.717, 1.165) is 8.39 Å². The molecule has 1 heterocycles. The van der Waals surface area contributed by atoms with Gasteiger partial charge in [0, 0.05) is 14.1 Å².